The van der Waals surface area contributed by atoms with Crippen LogP contribution in [-0.4, -0.2) is 25.1 Å². The molecule has 0 saturated carbocycles. The Morgan fingerprint density at radius 2 is 2.04 bits per heavy atom. The first kappa shape index (κ1) is 15.9. The van der Waals surface area contributed by atoms with Crippen molar-refractivity contribution in [1.29, 1.82) is 0 Å². The summed E-state index contributed by atoms with van der Waals surface area (Å²) in [5.41, 5.74) is -0.0466. The maximum absolute atomic E-state index is 13.0. The molecule has 4 rings (SSSR count). The number of hydrogen-bond donors (Lipinski definition) is 0. The Bertz CT molecular complexity index is 1010. The summed E-state index contributed by atoms with van der Waals surface area (Å²) in [5.74, 6) is 0.776. The highest BCUT2D eigenvalue weighted by Gasteiger charge is 2.30. The first-order valence-corrected chi connectivity index (χ1v) is 8.38. The van der Waals surface area contributed by atoms with Gasteiger partial charge in [0, 0.05) is 18.5 Å². The highest BCUT2D eigenvalue weighted by atomic mass is 32.2. The molecule has 1 aromatic carbocycles. The Labute approximate surface area is 144 Å². The van der Waals surface area contributed by atoms with Gasteiger partial charge >= 0.3 is 6.18 Å². The SMILES string of the molecule is O=c1c(-c2ccnn2-c2cccc(C(F)(F)F)c2)cnc2n1CCS2. The summed E-state index contributed by atoms with van der Waals surface area (Å²) in [4.78, 5) is 16.9. The zero-order valence-electron chi connectivity index (χ0n) is 12.7. The van der Waals surface area contributed by atoms with Crippen LogP contribution in [0.4, 0.5) is 13.2 Å². The first-order chi connectivity index (χ1) is 11.9. The fourth-order valence-corrected chi connectivity index (χ4v) is 3.63. The third-order valence-electron chi connectivity index (χ3n) is 3.89. The molecule has 0 N–H and O–H groups in total. The standard InChI is InChI=1S/C16H11F3N4OS/c17-16(18,19)10-2-1-3-11(8-10)23-13(4-5-21-23)12-9-20-15-22(14(12)24)6-7-25-15/h1-5,8-9H,6-7H2. The van der Waals surface area contributed by atoms with Gasteiger partial charge in [0.2, 0.25) is 0 Å². The van der Waals surface area contributed by atoms with Crippen LogP contribution in [0.25, 0.3) is 16.9 Å². The molecular formula is C16H11F3N4OS. The van der Waals surface area contributed by atoms with Crippen molar-refractivity contribution in [3.05, 3.63) is 58.6 Å². The van der Waals surface area contributed by atoms with Crippen LogP contribution in [0, 0.1) is 0 Å². The maximum Gasteiger partial charge on any atom is 0.416 e. The fourth-order valence-electron chi connectivity index (χ4n) is 2.72. The number of thioether (sulfide) groups is 1. The second-order valence-electron chi connectivity index (χ2n) is 5.44. The molecule has 5 nitrogen and oxygen atoms in total. The molecule has 128 valence electrons. The molecule has 9 heteroatoms. The lowest BCUT2D eigenvalue weighted by Gasteiger charge is -2.11. The van der Waals surface area contributed by atoms with Crippen molar-refractivity contribution < 1.29 is 13.2 Å². The van der Waals surface area contributed by atoms with E-state index in [0.29, 0.717) is 23.0 Å². The molecule has 0 aliphatic carbocycles. The number of fused-ring (bicyclic) bond motifs is 1. The van der Waals surface area contributed by atoms with Crippen molar-refractivity contribution in [1.82, 2.24) is 19.3 Å². The normalized spacial score (nSPS) is 13.9. The molecule has 0 radical (unpaired) electrons. The van der Waals surface area contributed by atoms with Gasteiger partial charge in [0.05, 0.1) is 28.7 Å². The van der Waals surface area contributed by atoms with Crippen LogP contribution in [0.2, 0.25) is 0 Å². The molecule has 0 unspecified atom stereocenters. The number of halogens is 3. The third-order valence-corrected chi connectivity index (χ3v) is 4.86. The zero-order valence-corrected chi connectivity index (χ0v) is 13.5. The maximum atomic E-state index is 13.0. The lowest BCUT2D eigenvalue weighted by molar-refractivity contribution is -0.137. The number of alkyl halides is 3. The smallest absolute Gasteiger partial charge is 0.286 e. The molecule has 0 fully saturated rings. The van der Waals surface area contributed by atoms with Crippen molar-refractivity contribution in [3.63, 3.8) is 0 Å². The summed E-state index contributed by atoms with van der Waals surface area (Å²) < 4.78 is 41.8. The van der Waals surface area contributed by atoms with Crippen LogP contribution < -0.4 is 5.56 Å². The van der Waals surface area contributed by atoms with Gasteiger partial charge in [-0.15, -0.1) is 0 Å². The Balaban J connectivity index is 1.85. The molecule has 0 bridgehead atoms. The summed E-state index contributed by atoms with van der Waals surface area (Å²) in [6, 6.07) is 6.42. The van der Waals surface area contributed by atoms with E-state index in [1.807, 2.05) is 0 Å². The fraction of sp³-hybridized carbons (Fsp3) is 0.188. The molecule has 2 aromatic heterocycles. The van der Waals surface area contributed by atoms with Gasteiger partial charge in [0.15, 0.2) is 5.16 Å². The minimum absolute atomic E-state index is 0.219. The Hall–Kier alpha value is -2.55. The highest BCUT2D eigenvalue weighted by Crippen LogP contribution is 2.31. The largest absolute Gasteiger partial charge is 0.416 e. The first-order valence-electron chi connectivity index (χ1n) is 7.40. The minimum Gasteiger partial charge on any atom is -0.286 e. The molecule has 0 amide bonds. The predicted octanol–water partition coefficient (Wildman–Crippen LogP) is 3.22. The zero-order chi connectivity index (χ0) is 17.6. The second kappa shape index (κ2) is 5.76. The van der Waals surface area contributed by atoms with E-state index >= 15 is 0 Å². The van der Waals surface area contributed by atoms with Crippen LogP contribution in [0.5, 0.6) is 0 Å². The minimum atomic E-state index is -4.45. The van der Waals surface area contributed by atoms with Crippen LogP contribution in [0.3, 0.4) is 0 Å². The lowest BCUT2D eigenvalue weighted by atomic mass is 10.2. The van der Waals surface area contributed by atoms with E-state index in [1.165, 1.54) is 41.0 Å². The van der Waals surface area contributed by atoms with Gasteiger partial charge in [-0.1, -0.05) is 17.8 Å². The quantitative estimate of drug-likeness (QED) is 0.655. The molecule has 3 aromatic rings. The molecule has 25 heavy (non-hydrogen) atoms. The number of benzene rings is 1. The van der Waals surface area contributed by atoms with Crippen LogP contribution in [0.1, 0.15) is 5.56 Å². The van der Waals surface area contributed by atoms with E-state index < -0.39 is 11.7 Å². The number of hydrogen-bond acceptors (Lipinski definition) is 4. The Kier molecular flexibility index (Phi) is 3.68. The molecule has 1 aliphatic heterocycles. The van der Waals surface area contributed by atoms with Gasteiger partial charge in [-0.05, 0) is 24.3 Å². The van der Waals surface area contributed by atoms with E-state index in [2.05, 4.69) is 10.1 Å². The van der Waals surface area contributed by atoms with E-state index in [1.54, 1.807) is 10.6 Å². The Morgan fingerprint density at radius 3 is 2.84 bits per heavy atom. The monoisotopic (exact) mass is 364 g/mol. The van der Waals surface area contributed by atoms with Crippen molar-refractivity contribution in [2.75, 3.05) is 5.75 Å². The topological polar surface area (TPSA) is 52.7 Å². The molecule has 0 spiro atoms. The lowest BCUT2D eigenvalue weighted by Crippen LogP contribution is -2.22. The van der Waals surface area contributed by atoms with E-state index in [0.717, 1.165) is 17.9 Å². The molecule has 3 heterocycles. The van der Waals surface area contributed by atoms with E-state index in [9.17, 15) is 18.0 Å². The third kappa shape index (κ3) is 2.74. The van der Waals surface area contributed by atoms with Crippen LogP contribution in [-0.2, 0) is 12.7 Å². The number of rotatable bonds is 2. The van der Waals surface area contributed by atoms with Crippen LogP contribution in [0.15, 0.2) is 52.7 Å². The van der Waals surface area contributed by atoms with Gasteiger partial charge in [0.25, 0.3) is 5.56 Å². The van der Waals surface area contributed by atoms with Gasteiger partial charge < -0.3 is 0 Å². The van der Waals surface area contributed by atoms with Gasteiger partial charge in [-0.2, -0.15) is 18.3 Å². The van der Waals surface area contributed by atoms with Gasteiger partial charge in [-0.3, -0.25) is 9.36 Å². The summed E-state index contributed by atoms with van der Waals surface area (Å²) in [7, 11) is 0. The van der Waals surface area contributed by atoms with Crippen molar-refractivity contribution >= 4 is 11.8 Å². The van der Waals surface area contributed by atoms with Crippen molar-refractivity contribution in [3.8, 4) is 16.9 Å². The summed E-state index contributed by atoms with van der Waals surface area (Å²) in [6.45, 7) is 0.567. The van der Waals surface area contributed by atoms with E-state index in [-0.39, 0.29) is 11.2 Å². The molecule has 1 aliphatic rings. The summed E-state index contributed by atoms with van der Waals surface area (Å²) in [5, 5.41) is 4.74. The van der Waals surface area contributed by atoms with Gasteiger partial charge in [0.1, 0.15) is 0 Å². The predicted molar refractivity (Wildman–Crippen MR) is 86.8 cm³/mol. The molecule has 0 saturated heterocycles. The van der Waals surface area contributed by atoms with Crippen LogP contribution >= 0.6 is 11.8 Å². The highest BCUT2D eigenvalue weighted by molar-refractivity contribution is 7.99. The number of aromatic nitrogens is 4. The number of nitrogens with zero attached hydrogens (tertiary/aromatic N) is 4. The average Bonchev–Trinajstić information content (AvgIpc) is 3.24. The summed E-state index contributed by atoms with van der Waals surface area (Å²) in [6.07, 6.45) is -1.55. The average molecular weight is 364 g/mol. The molecular weight excluding hydrogens is 353 g/mol. The van der Waals surface area contributed by atoms with Crippen molar-refractivity contribution in [2.45, 2.75) is 17.9 Å². The molecule has 0 atom stereocenters. The van der Waals surface area contributed by atoms with Crippen molar-refractivity contribution in [2.24, 2.45) is 0 Å². The van der Waals surface area contributed by atoms with E-state index in [4.69, 9.17) is 0 Å². The Morgan fingerprint density at radius 1 is 1.20 bits per heavy atom. The van der Waals surface area contributed by atoms with Gasteiger partial charge in [-0.25, -0.2) is 9.67 Å². The summed E-state index contributed by atoms with van der Waals surface area (Å²) >= 11 is 1.50. The second-order valence-corrected chi connectivity index (χ2v) is 6.50.